The van der Waals surface area contributed by atoms with Crippen molar-refractivity contribution in [3.8, 4) is 0 Å². The molecule has 0 heterocycles. The predicted molar refractivity (Wildman–Crippen MR) is 78.3 cm³/mol. The lowest BCUT2D eigenvalue weighted by molar-refractivity contribution is -0.137. The molecule has 1 saturated carbocycles. The van der Waals surface area contributed by atoms with Crippen LogP contribution < -0.4 is 0 Å². The molecule has 8 heteroatoms. The molecule has 0 unspecified atom stereocenters. The molecule has 0 bridgehead atoms. The van der Waals surface area contributed by atoms with Gasteiger partial charge in [-0.2, -0.15) is 4.31 Å². The molecule has 0 saturated heterocycles. The fourth-order valence-corrected chi connectivity index (χ4v) is 3.91. The summed E-state index contributed by atoms with van der Waals surface area (Å²) in [6.07, 6.45) is 1.88. The fourth-order valence-electron chi connectivity index (χ4n) is 1.77. The molecule has 1 aromatic rings. The first-order valence-corrected chi connectivity index (χ1v) is 8.59. The van der Waals surface area contributed by atoms with Gasteiger partial charge in [-0.15, -0.1) is 0 Å². The minimum absolute atomic E-state index is 0.0377. The number of sulfonamides is 1. The highest BCUT2D eigenvalue weighted by Crippen LogP contribution is 2.32. The van der Waals surface area contributed by atoms with Gasteiger partial charge in [-0.3, -0.25) is 4.79 Å². The quantitative estimate of drug-likeness (QED) is 0.820. The molecule has 1 fully saturated rings. The summed E-state index contributed by atoms with van der Waals surface area (Å²) < 4.78 is 26.5. The van der Waals surface area contributed by atoms with E-state index < -0.39 is 22.5 Å². The number of benzene rings is 1. The monoisotopic (exact) mass is 381 g/mol. The summed E-state index contributed by atoms with van der Waals surface area (Å²) >= 11 is 9.01. The molecule has 0 amide bonds. The fraction of sp³-hybridized carbons (Fsp3) is 0.417. The first-order valence-electron chi connectivity index (χ1n) is 5.97. The molecule has 1 aliphatic carbocycles. The Kier molecular flexibility index (Phi) is 4.73. The van der Waals surface area contributed by atoms with Crippen LogP contribution in [-0.4, -0.2) is 36.9 Å². The first-order chi connectivity index (χ1) is 9.30. The molecule has 1 N–H and O–H groups in total. The highest BCUT2D eigenvalue weighted by atomic mass is 79.9. The molecular weight excluding hydrogens is 370 g/mol. The van der Waals surface area contributed by atoms with Gasteiger partial charge in [0.2, 0.25) is 10.0 Å². The number of carboxylic acids is 1. The summed E-state index contributed by atoms with van der Waals surface area (Å²) in [6.45, 7) is -0.284. The second kappa shape index (κ2) is 6.01. The molecule has 0 aliphatic heterocycles. The van der Waals surface area contributed by atoms with Crippen LogP contribution in [0.25, 0.3) is 0 Å². The van der Waals surface area contributed by atoms with E-state index >= 15 is 0 Å². The van der Waals surface area contributed by atoms with Crippen LogP contribution in [0.1, 0.15) is 12.8 Å². The zero-order chi connectivity index (χ0) is 14.9. The SMILES string of the molecule is O=C(O)CN(CC1CC1)S(=O)(=O)c1ccc(Cl)c(Br)c1. The topological polar surface area (TPSA) is 74.7 Å². The Labute approximate surface area is 130 Å². The number of halogens is 2. The maximum absolute atomic E-state index is 12.5. The van der Waals surface area contributed by atoms with Crippen LogP contribution in [0, 0.1) is 5.92 Å². The van der Waals surface area contributed by atoms with Crippen molar-refractivity contribution in [2.75, 3.05) is 13.1 Å². The van der Waals surface area contributed by atoms with Gasteiger partial charge in [-0.1, -0.05) is 11.6 Å². The van der Waals surface area contributed by atoms with Gasteiger partial charge >= 0.3 is 5.97 Å². The summed E-state index contributed by atoms with van der Waals surface area (Å²) in [7, 11) is -3.83. The minimum atomic E-state index is -3.83. The van der Waals surface area contributed by atoms with Gasteiger partial charge < -0.3 is 5.11 Å². The Bertz CT molecular complexity index is 630. The van der Waals surface area contributed by atoms with E-state index in [2.05, 4.69) is 15.9 Å². The molecule has 5 nitrogen and oxygen atoms in total. The van der Waals surface area contributed by atoms with E-state index in [0.717, 1.165) is 17.1 Å². The second-order valence-corrected chi connectivity index (χ2v) is 7.91. The molecule has 1 aliphatic rings. The molecule has 110 valence electrons. The average Bonchev–Trinajstić information content (AvgIpc) is 3.15. The molecule has 0 spiro atoms. The van der Waals surface area contributed by atoms with Crippen molar-refractivity contribution in [3.05, 3.63) is 27.7 Å². The average molecular weight is 383 g/mol. The minimum Gasteiger partial charge on any atom is -0.480 e. The number of carbonyl (C=O) groups is 1. The first kappa shape index (κ1) is 15.8. The summed E-state index contributed by atoms with van der Waals surface area (Å²) in [5, 5.41) is 9.29. The van der Waals surface area contributed by atoms with E-state index in [1.807, 2.05) is 0 Å². The van der Waals surface area contributed by atoms with Crippen molar-refractivity contribution < 1.29 is 18.3 Å². The third kappa shape index (κ3) is 3.72. The highest BCUT2D eigenvalue weighted by Gasteiger charge is 2.33. The number of aliphatic carboxylic acids is 1. The summed E-state index contributed by atoms with van der Waals surface area (Å²) in [4.78, 5) is 10.9. The Hall–Kier alpha value is -0.630. The van der Waals surface area contributed by atoms with E-state index in [4.69, 9.17) is 16.7 Å². The van der Waals surface area contributed by atoms with Crippen molar-refractivity contribution >= 4 is 43.5 Å². The lowest BCUT2D eigenvalue weighted by Gasteiger charge is -2.20. The highest BCUT2D eigenvalue weighted by molar-refractivity contribution is 9.10. The number of carboxylic acid groups (broad SMARTS) is 1. The lowest BCUT2D eigenvalue weighted by atomic mass is 10.4. The van der Waals surface area contributed by atoms with E-state index in [1.165, 1.54) is 18.2 Å². The van der Waals surface area contributed by atoms with Crippen LogP contribution >= 0.6 is 27.5 Å². The van der Waals surface area contributed by atoms with Crippen molar-refractivity contribution in [1.29, 1.82) is 0 Å². The van der Waals surface area contributed by atoms with Crippen LogP contribution in [0.5, 0.6) is 0 Å². The van der Waals surface area contributed by atoms with Crippen LogP contribution in [0.2, 0.25) is 5.02 Å². The molecule has 0 atom stereocenters. The lowest BCUT2D eigenvalue weighted by Crippen LogP contribution is -2.37. The molecule has 1 aromatic carbocycles. The van der Waals surface area contributed by atoms with Crippen LogP contribution in [-0.2, 0) is 14.8 Å². The third-order valence-electron chi connectivity index (χ3n) is 3.00. The van der Waals surface area contributed by atoms with Gasteiger partial charge in [0.25, 0.3) is 0 Å². The molecule has 20 heavy (non-hydrogen) atoms. The van der Waals surface area contributed by atoms with Crippen molar-refractivity contribution in [2.24, 2.45) is 5.92 Å². The number of hydrogen-bond donors (Lipinski definition) is 1. The van der Waals surface area contributed by atoms with Crippen LogP contribution in [0.3, 0.4) is 0 Å². The summed E-state index contributed by atoms with van der Waals surface area (Å²) in [5.74, 6) is -0.901. The number of hydrogen-bond acceptors (Lipinski definition) is 3. The Balaban J connectivity index is 2.32. The van der Waals surface area contributed by atoms with Crippen molar-refractivity contribution in [3.63, 3.8) is 0 Å². The molecule has 0 aromatic heterocycles. The maximum atomic E-state index is 12.5. The van der Waals surface area contributed by atoms with Gasteiger partial charge in [-0.05, 0) is 52.9 Å². The van der Waals surface area contributed by atoms with Crippen LogP contribution in [0.4, 0.5) is 0 Å². The molecular formula is C12H13BrClNO4S. The van der Waals surface area contributed by atoms with Gasteiger partial charge in [0.15, 0.2) is 0 Å². The van der Waals surface area contributed by atoms with Gasteiger partial charge in [0.1, 0.15) is 6.54 Å². The van der Waals surface area contributed by atoms with Crippen molar-refractivity contribution in [2.45, 2.75) is 17.7 Å². The van der Waals surface area contributed by atoms with Crippen LogP contribution in [0.15, 0.2) is 27.6 Å². The molecule has 0 radical (unpaired) electrons. The van der Waals surface area contributed by atoms with Gasteiger partial charge in [-0.25, -0.2) is 8.42 Å². The Morgan fingerprint density at radius 2 is 2.10 bits per heavy atom. The Morgan fingerprint density at radius 3 is 2.60 bits per heavy atom. The zero-order valence-corrected chi connectivity index (χ0v) is 13.6. The third-order valence-corrected chi connectivity index (χ3v) is 6.02. The number of nitrogens with zero attached hydrogens (tertiary/aromatic N) is 1. The Morgan fingerprint density at radius 1 is 1.45 bits per heavy atom. The van der Waals surface area contributed by atoms with E-state index in [9.17, 15) is 13.2 Å². The second-order valence-electron chi connectivity index (χ2n) is 4.71. The summed E-state index contributed by atoms with van der Waals surface area (Å²) in [6, 6.07) is 4.23. The van der Waals surface area contributed by atoms with Gasteiger partial charge in [0, 0.05) is 11.0 Å². The normalized spacial score (nSPS) is 15.6. The maximum Gasteiger partial charge on any atom is 0.318 e. The predicted octanol–water partition coefficient (Wildman–Crippen LogP) is 2.59. The van der Waals surface area contributed by atoms with E-state index in [1.54, 1.807) is 0 Å². The standard InChI is InChI=1S/C12H13BrClNO4S/c13-10-5-9(3-4-11(10)14)20(18,19)15(7-12(16)17)6-8-1-2-8/h3-5,8H,1-2,6-7H2,(H,16,17). The van der Waals surface area contributed by atoms with E-state index in [0.29, 0.717) is 9.50 Å². The summed E-state index contributed by atoms with van der Waals surface area (Å²) in [5.41, 5.74) is 0. The van der Waals surface area contributed by atoms with Crippen molar-refractivity contribution in [1.82, 2.24) is 4.31 Å². The van der Waals surface area contributed by atoms with Gasteiger partial charge in [0.05, 0.1) is 9.92 Å². The zero-order valence-electron chi connectivity index (χ0n) is 10.4. The number of rotatable bonds is 6. The largest absolute Gasteiger partial charge is 0.480 e. The smallest absolute Gasteiger partial charge is 0.318 e. The van der Waals surface area contributed by atoms with E-state index in [-0.39, 0.29) is 17.4 Å². The molecule has 2 rings (SSSR count).